The smallest absolute Gasteiger partial charge is 0.0270 e. The predicted octanol–water partition coefficient (Wildman–Crippen LogP) is 3.82. The summed E-state index contributed by atoms with van der Waals surface area (Å²) in [6.07, 6.45) is 14.1. The molecule has 0 spiro atoms. The van der Waals surface area contributed by atoms with Gasteiger partial charge in [0.2, 0.25) is 0 Å². The molecule has 4 aliphatic rings. The Balaban J connectivity index is 1.35. The standard InChI is InChI=1S/C19H28N2/c1-14(21-7-4-15-2-5-20-6-3-15)19-11-16-8-17(12-19)10-18(9-16)13-19/h2-3,5-6,14,16-18,21H,4,7-13H2,1H3. The van der Waals surface area contributed by atoms with E-state index in [-0.39, 0.29) is 0 Å². The van der Waals surface area contributed by atoms with Crippen molar-refractivity contribution in [3.05, 3.63) is 30.1 Å². The van der Waals surface area contributed by atoms with Crippen molar-refractivity contribution < 1.29 is 0 Å². The zero-order valence-electron chi connectivity index (χ0n) is 13.2. The molecule has 0 aliphatic heterocycles. The van der Waals surface area contributed by atoms with Gasteiger partial charge < -0.3 is 5.32 Å². The van der Waals surface area contributed by atoms with E-state index >= 15 is 0 Å². The Kier molecular flexibility index (Phi) is 3.53. The maximum Gasteiger partial charge on any atom is 0.0270 e. The molecule has 0 radical (unpaired) electrons. The van der Waals surface area contributed by atoms with E-state index in [2.05, 4.69) is 29.4 Å². The summed E-state index contributed by atoms with van der Waals surface area (Å²) in [5.74, 6) is 3.17. The molecule has 2 heteroatoms. The van der Waals surface area contributed by atoms with Crippen molar-refractivity contribution in [2.24, 2.45) is 23.2 Å². The fourth-order valence-corrected chi connectivity index (χ4v) is 5.91. The molecule has 21 heavy (non-hydrogen) atoms. The van der Waals surface area contributed by atoms with Crippen LogP contribution in [0.4, 0.5) is 0 Å². The number of pyridine rings is 1. The SMILES string of the molecule is CC(NCCc1ccncc1)C12CC3CC(CC(C3)C1)C2. The topological polar surface area (TPSA) is 24.9 Å². The number of hydrogen-bond donors (Lipinski definition) is 1. The van der Waals surface area contributed by atoms with Crippen molar-refractivity contribution in [3.8, 4) is 0 Å². The average Bonchev–Trinajstić information content (AvgIpc) is 2.47. The number of rotatable bonds is 5. The molecule has 114 valence electrons. The van der Waals surface area contributed by atoms with Crippen LogP contribution >= 0.6 is 0 Å². The highest BCUT2D eigenvalue weighted by Crippen LogP contribution is 2.61. The normalized spacial score (nSPS) is 38.6. The number of nitrogens with one attached hydrogen (secondary N) is 1. The molecule has 1 N–H and O–H groups in total. The van der Waals surface area contributed by atoms with Gasteiger partial charge in [-0.25, -0.2) is 0 Å². The molecule has 0 amide bonds. The van der Waals surface area contributed by atoms with Gasteiger partial charge in [-0.1, -0.05) is 0 Å². The van der Waals surface area contributed by atoms with Gasteiger partial charge in [0.25, 0.3) is 0 Å². The maximum atomic E-state index is 4.09. The van der Waals surface area contributed by atoms with Gasteiger partial charge in [0.1, 0.15) is 0 Å². The Hall–Kier alpha value is -0.890. The summed E-state index contributed by atoms with van der Waals surface area (Å²) < 4.78 is 0. The molecular weight excluding hydrogens is 256 g/mol. The largest absolute Gasteiger partial charge is 0.313 e. The van der Waals surface area contributed by atoms with E-state index in [9.17, 15) is 0 Å². The van der Waals surface area contributed by atoms with Crippen LogP contribution in [0, 0.1) is 23.2 Å². The Bertz CT molecular complexity index is 446. The van der Waals surface area contributed by atoms with Gasteiger partial charge in [0.05, 0.1) is 0 Å². The highest BCUT2D eigenvalue weighted by Gasteiger charge is 2.52. The van der Waals surface area contributed by atoms with Crippen LogP contribution in [0.5, 0.6) is 0 Å². The Morgan fingerprint density at radius 1 is 1.10 bits per heavy atom. The summed E-state index contributed by atoms with van der Waals surface area (Å²) >= 11 is 0. The van der Waals surface area contributed by atoms with E-state index in [0.717, 1.165) is 30.7 Å². The predicted molar refractivity (Wildman–Crippen MR) is 86.0 cm³/mol. The Labute approximate surface area is 128 Å². The summed E-state index contributed by atoms with van der Waals surface area (Å²) in [6.45, 7) is 3.56. The van der Waals surface area contributed by atoms with Crippen molar-refractivity contribution in [1.82, 2.24) is 10.3 Å². The number of hydrogen-bond acceptors (Lipinski definition) is 2. The fraction of sp³-hybridized carbons (Fsp3) is 0.737. The maximum absolute atomic E-state index is 4.09. The first-order valence-corrected chi connectivity index (χ1v) is 8.86. The summed E-state index contributed by atoms with van der Waals surface area (Å²) in [7, 11) is 0. The fourth-order valence-electron chi connectivity index (χ4n) is 5.91. The Morgan fingerprint density at radius 3 is 2.24 bits per heavy atom. The molecule has 1 atom stereocenters. The average molecular weight is 284 g/mol. The van der Waals surface area contributed by atoms with E-state index < -0.39 is 0 Å². The first-order valence-electron chi connectivity index (χ1n) is 8.86. The van der Waals surface area contributed by atoms with Crippen LogP contribution in [0.1, 0.15) is 51.0 Å². The van der Waals surface area contributed by atoms with Gasteiger partial charge in [-0.3, -0.25) is 4.98 Å². The van der Waals surface area contributed by atoms with Gasteiger partial charge in [0, 0.05) is 18.4 Å². The molecule has 0 aromatic carbocycles. The molecule has 2 nitrogen and oxygen atoms in total. The Morgan fingerprint density at radius 2 is 1.67 bits per heavy atom. The van der Waals surface area contributed by atoms with Crippen molar-refractivity contribution in [1.29, 1.82) is 0 Å². The van der Waals surface area contributed by atoms with Crippen molar-refractivity contribution in [2.45, 2.75) is 57.9 Å². The third-order valence-corrected chi connectivity index (χ3v) is 6.62. The summed E-state index contributed by atoms with van der Waals surface area (Å²) in [5.41, 5.74) is 2.03. The second-order valence-corrected chi connectivity index (χ2v) is 8.06. The highest BCUT2D eigenvalue weighted by molar-refractivity contribution is 5.10. The van der Waals surface area contributed by atoms with E-state index in [1.807, 2.05) is 12.4 Å². The van der Waals surface area contributed by atoms with Crippen LogP contribution in [-0.4, -0.2) is 17.6 Å². The lowest BCUT2D eigenvalue weighted by atomic mass is 9.48. The lowest BCUT2D eigenvalue weighted by molar-refractivity contribution is -0.0702. The third kappa shape index (κ3) is 2.63. The molecule has 1 unspecified atom stereocenters. The third-order valence-electron chi connectivity index (χ3n) is 6.62. The zero-order valence-corrected chi connectivity index (χ0v) is 13.2. The molecule has 1 aromatic rings. The molecule has 0 saturated heterocycles. The van der Waals surface area contributed by atoms with Gasteiger partial charge in [-0.05, 0) is 99.3 Å². The lowest BCUT2D eigenvalue weighted by Gasteiger charge is -2.59. The number of aromatic nitrogens is 1. The molecule has 5 rings (SSSR count). The number of nitrogens with zero attached hydrogens (tertiary/aromatic N) is 1. The van der Waals surface area contributed by atoms with Crippen LogP contribution in [0.2, 0.25) is 0 Å². The highest BCUT2D eigenvalue weighted by atomic mass is 14.9. The van der Waals surface area contributed by atoms with Gasteiger partial charge in [-0.15, -0.1) is 0 Å². The van der Waals surface area contributed by atoms with Crippen LogP contribution in [0.15, 0.2) is 24.5 Å². The monoisotopic (exact) mass is 284 g/mol. The minimum Gasteiger partial charge on any atom is -0.313 e. The van der Waals surface area contributed by atoms with E-state index in [0.29, 0.717) is 11.5 Å². The minimum atomic E-state index is 0.632. The second-order valence-electron chi connectivity index (χ2n) is 8.06. The quantitative estimate of drug-likeness (QED) is 0.889. The summed E-state index contributed by atoms with van der Waals surface area (Å²) in [6, 6.07) is 4.96. The molecule has 4 fully saturated rings. The lowest BCUT2D eigenvalue weighted by Crippen LogP contribution is -2.55. The molecule has 4 saturated carbocycles. The first-order chi connectivity index (χ1) is 10.2. The van der Waals surface area contributed by atoms with Gasteiger partial charge in [-0.2, -0.15) is 0 Å². The van der Waals surface area contributed by atoms with E-state index in [4.69, 9.17) is 0 Å². The molecule has 4 aliphatic carbocycles. The zero-order chi connectivity index (χ0) is 14.3. The van der Waals surface area contributed by atoms with Crippen molar-refractivity contribution >= 4 is 0 Å². The van der Waals surface area contributed by atoms with Crippen molar-refractivity contribution in [2.75, 3.05) is 6.54 Å². The van der Waals surface area contributed by atoms with Crippen LogP contribution in [0.3, 0.4) is 0 Å². The van der Waals surface area contributed by atoms with Gasteiger partial charge in [0.15, 0.2) is 0 Å². The van der Waals surface area contributed by atoms with E-state index in [1.54, 1.807) is 19.3 Å². The first kappa shape index (κ1) is 13.8. The minimum absolute atomic E-state index is 0.632. The van der Waals surface area contributed by atoms with Crippen LogP contribution < -0.4 is 5.32 Å². The van der Waals surface area contributed by atoms with E-state index in [1.165, 1.54) is 24.8 Å². The molecule has 1 heterocycles. The van der Waals surface area contributed by atoms with Crippen molar-refractivity contribution in [3.63, 3.8) is 0 Å². The molecule has 1 aromatic heterocycles. The summed E-state index contributed by atoms with van der Waals surface area (Å²) in [5, 5.41) is 3.87. The van der Waals surface area contributed by atoms with Gasteiger partial charge >= 0.3 is 0 Å². The molecular formula is C19H28N2. The van der Waals surface area contributed by atoms with Crippen LogP contribution in [-0.2, 0) is 6.42 Å². The summed E-state index contributed by atoms with van der Waals surface area (Å²) in [4.78, 5) is 4.09. The second kappa shape index (κ2) is 5.39. The molecule has 4 bridgehead atoms. The van der Waals surface area contributed by atoms with Crippen LogP contribution in [0.25, 0.3) is 0 Å².